The Kier molecular flexibility index (Phi) is 5.92. The van der Waals surface area contributed by atoms with Gasteiger partial charge in [0.2, 0.25) is 5.91 Å². The molecule has 2 aliphatic heterocycles. The molecule has 7 nitrogen and oxygen atoms in total. The third-order valence-corrected chi connectivity index (χ3v) is 6.36. The van der Waals surface area contributed by atoms with E-state index in [2.05, 4.69) is 15.2 Å². The zero-order valence-corrected chi connectivity index (χ0v) is 16.6. The number of aryl methyl sites for hydroxylation is 1. The smallest absolute Gasteiger partial charge is 0.252 e. The van der Waals surface area contributed by atoms with E-state index in [1.165, 1.54) is 19.3 Å². The highest BCUT2D eigenvalue weighted by atomic mass is 16.5. The number of hydrogen-bond acceptors (Lipinski definition) is 5. The summed E-state index contributed by atoms with van der Waals surface area (Å²) in [5, 5.41) is 2.91. The monoisotopic (exact) mass is 386 g/mol. The summed E-state index contributed by atoms with van der Waals surface area (Å²) in [4.78, 5) is 33.4. The van der Waals surface area contributed by atoms with E-state index in [0.29, 0.717) is 24.7 Å². The van der Waals surface area contributed by atoms with Crippen LogP contribution in [-0.2, 0) is 9.53 Å². The van der Waals surface area contributed by atoms with Gasteiger partial charge in [0.25, 0.3) is 5.91 Å². The van der Waals surface area contributed by atoms with Gasteiger partial charge in [0.1, 0.15) is 6.61 Å². The van der Waals surface area contributed by atoms with Crippen LogP contribution < -0.4 is 5.32 Å². The molecule has 3 heterocycles. The molecular formula is C21H30N4O3. The zero-order chi connectivity index (χ0) is 19.5. The summed E-state index contributed by atoms with van der Waals surface area (Å²) in [6, 6.07) is 4.67. The molecule has 1 aliphatic carbocycles. The third-order valence-electron chi connectivity index (χ3n) is 6.36. The number of nitrogens with one attached hydrogen (secondary N) is 1. The van der Waals surface area contributed by atoms with Crippen LogP contribution >= 0.6 is 0 Å². The lowest BCUT2D eigenvalue weighted by molar-refractivity contribution is -0.153. The van der Waals surface area contributed by atoms with Crippen LogP contribution in [0.5, 0.6) is 0 Å². The van der Waals surface area contributed by atoms with Crippen molar-refractivity contribution >= 4 is 11.8 Å². The standard InChI is InChI=1S/C21H30N4O3/c1-15-5-6-16(11-22-15)21(27)23-12-19-13-25(20(26)14-28-19)18-7-9-24(10-8-18)17-3-2-4-17/h5-6,11,17-19H,2-4,7-10,12-14H2,1H3,(H,23,27). The van der Waals surface area contributed by atoms with E-state index >= 15 is 0 Å². The molecule has 152 valence electrons. The Labute approximate surface area is 166 Å². The minimum absolute atomic E-state index is 0.0763. The maximum absolute atomic E-state index is 12.4. The summed E-state index contributed by atoms with van der Waals surface area (Å²) in [7, 11) is 0. The summed E-state index contributed by atoms with van der Waals surface area (Å²) in [5.41, 5.74) is 1.42. The maximum atomic E-state index is 12.4. The van der Waals surface area contributed by atoms with Gasteiger partial charge in [-0.1, -0.05) is 6.42 Å². The normalized spacial score (nSPS) is 24.8. The highest BCUT2D eigenvalue weighted by molar-refractivity contribution is 5.93. The van der Waals surface area contributed by atoms with Crippen LogP contribution in [0.25, 0.3) is 0 Å². The van der Waals surface area contributed by atoms with Gasteiger partial charge in [0.05, 0.1) is 11.7 Å². The SMILES string of the molecule is Cc1ccc(C(=O)NCC2CN(C3CCN(C4CCC4)CC3)C(=O)CO2)cn1. The van der Waals surface area contributed by atoms with Gasteiger partial charge in [-0.25, -0.2) is 0 Å². The highest BCUT2D eigenvalue weighted by Gasteiger charge is 2.35. The first-order valence-corrected chi connectivity index (χ1v) is 10.5. The number of carbonyl (C=O) groups excluding carboxylic acids is 2. The van der Waals surface area contributed by atoms with Crippen LogP contribution in [0, 0.1) is 6.92 Å². The van der Waals surface area contributed by atoms with Crippen molar-refractivity contribution < 1.29 is 14.3 Å². The summed E-state index contributed by atoms with van der Waals surface area (Å²) in [6.07, 6.45) is 7.52. The Morgan fingerprint density at radius 2 is 2.00 bits per heavy atom. The van der Waals surface area contributed by atoms with Gasteiger partial charge in [-0.2, -0.15) is 0 Å². The molecule has 2 amide bonds. The molecule has 0 radical (unpaired) electrons. The Bertz CT molecular complexity index is 696. The Morgan fingerprint density at radius 1 is 1.21 bits per heavy atom. The van der Waals surface area contributed by atoms with Crippen molar-refractivity contribution in [3.63, 3.8) is 0 Å². The van der Waals surface area contributed by atoms with Gasteiger partial charge in [0.15, 0.2) is 0 Å². The van der Waals surface area contributed by atoms with Crippen molar-refractivity contribution in [1.82, 2.24) is 20.1 Å². The van der Waals surface area contributed by atoms with E-state index < -0.39 is 0 Å². The van der Waals surface area contributed by atoms with Crippen molar-refractivity contribution in [2.45, 2.75) is 57.2 Å². The summed E-state index contributed by atoms with van der Waals surface area (Å²) < 4.78 is 5.67. The van der Waals surface area contributed by atoms with Crippen molar-refractivity contribution in [2.24, 2.45) is 0 Å². The van der Waals surface area contributed by atoms with Crippen molar-refractivity contribution in [1.29, 1.82) is 0 Å². The Balaban J connectivity index is 1.26. The van der Waals surface area contributed by atoms with Crippen LogP contribution in [-0.4, -0.2) is 77.6 Å². The second kappa shape index (κ2) is 8.57. The molecule has 4 rings (SSSR count). The molecule has 1 unspecified atom stereocenters. The van der Waals surface area contributed by atoms with E-state index in [-0.39, 0.29) is 24.5 Å². The van der Waals surface area contributed by atoms with Gasteiger partial charge >= 0.3 is 0 Å². The van der Waals surface area contributed by atoms with Crippen LogP contribution in [0.1, 0.15) is 48.2 Å². The number of carbonyl (C=O) groups is 2. The lowest BCUT2D eigenvalue weighted by Gasteiger charge is -2.45. The van der Waals surface area contributed by atoms with Crippen LogP contribution in [0.4, 0.5) is 0 Å². The van der Waals surface area contributed by atoms with E-state index in [1.54, 1.807) is 12.3 Å². The number of morpholine rings is 1. The summed E-state index contributed by atoms with van der Waals surface area (Å²) in [6.45, 7) is 5.12. The summed E-state index contributed by atoms with van der Waals surface area (Å²) in [5.74, 6) is -0.0826. The van der Waals surface area contributed by atoms with Crippen molar-refractivity contribution in [3.8, 4) is 0 Å². The number of likely N-dealkylation sites (tertiary alicyclic amines) is 1. The minimum Gasteiger partial charge on any atom is -0.365 e. The first-order valence-electron chi connectivity index (χ1n) is 10.5. The molecule has 1 aromatic rings. The molecule has 0 bridgehead atoms. The number of rotatable bonds is 5. The predicted octanol–water partition coefficient (Wildman–Crippen LogP) is 1.36. The fourth-order valence-electron chi connectivity index (χ4n) is 4.35. The predicted molar refractivity (Wildman–Crippen MR) is 105 cm³/mol. The first kappa shape index (κ1) is 19.3. The van der Waals surface area contributed by atoms with E-state index in [1.807, 2.05) is 17.9 Å². The first-order chi connectivity index (χ1) is 13.6. The van der Waals surface area contributed by atoms with Crippen LogP contribution in [0.15, 0.2) is 18.3 Å². The Morgan fingerprint density at radius 3 is 2.64 bits per heavy atom. The van der Waals surface area contributed by atoms with Gasteiger partial charge in [-0.05, 0) is 44.7 Å². The van der Waals surface area contributed by atoms with Gasteiger partial charge < -0.3 is 19.9 Å². The van der Waals surface area contributed by atoms with Crippen LogP contribution in [0.2, 0.25) is 0 Å². The third kappa shape index (κ3) is 4.36. The fraction of sp³-hybridized carbons (Fsp3) is 0.667. The maximum Gasteiger partial charge on any atom is 0.252 e. The topological polar surface area (TPSA) is 74.8 Å². The van der Waals surface area contributed by atoms with E-state index in [9.17, 15) is 9.59 Å². The second-order valence-electron chi connectivity index (χ2n) is 8.23. The molecular weight excluding hydrogens is 356 g/mol. The number of amides is 2. The number of pyridine rings is 1. The molecule has 1 saturated carbocycles. The van der Waals surface area contributed by atoms with Gasteiger partial charge in [-0.3, -0.25) is 14.6 Å². The largest absolute Gasteiger partial charge is 0.365 e. The molecule has 7 heteroatoms. The zero-order valence-electron chi connectivity index (χ0n) is 16.6. The molecule has 2 saturated heterocycles. The van der Waals surface area contributed by atoms with E-state index in [0.717, 1.165) is 37.7 Å². The number of ether oxygens (including phenoxy) is 1. The molecule has 0 spiro atoms. The lowest BCUT2D eigenvalue weighted by Crippen LogP contribution is -2.57. The van der Waals surface area contributed by atoms with Crippen LogP contribution in [0.3, 0.4) is 0 Å². The quantitative estimate of drug-likeness (QED) is 0.827. The molecule has 1 N–H and O–H groups in total. The molecule has 0 aromatic carbocycles. The molecule has 28 heavy (non-hydrogen) atoms. The van der Waals surface area contributed by atoms with Gasteiger partial charge in [0, 0.05) is 50.2 Å². The fourth-order valence-corrected chi connectivity index (χ4v) is 4.35. The molecule has 1 aromatic heterocycles. The van der Waals surface area contributed by atoms with Crippen molar-refractivity contribution in [3.05, 3.63) is 29.6 Å². The molecule has 1 atom stereocenters. The minimum atomic E-state index is -0.162. The number of piperidine rings is 1. The number of nitrogens with zero attached hydrogens (tertiary/aromatic N) is 3. The highest BCUT2D eigenvalue weighted by Crippen LogP contribution is 2.29. The second-order valence-corrected chi connectivity index (χ2v) is 8.23. The number of hydrogen-bond donors (Lipinski definition) is 1. The molecule has 3 fully saturated rings. The molecule has 3 aliphatic rings. The number of aromatic nitrogens is 1. The van der Waals surface area contributed by atoms with Crippen molar-refractivity contribution in [2.75, 3.05) is 32.8 Å². The van der Waals surface area contributed by atoms with Gasteiger partial charge in [-0.15, -0.1) is 0 Å². The van der Waals surface area contributed by atoms with E-state index in [4.69, 9.17) is 4.74 Å². The summed E-state index contributed by atoms with van der Waals surface area (Å²) >= 11 is 0. The Hall–Kier alpha value is -1.99. The average Bonchev–Trinajstić information content (AvgIpc) is 2.67. The average molecular weight is 386 g/mol. The lowest BCUT2D eigenvalue weighted by atomic mass is 9.89.